The Bertz CT molecular complexity index is 659. The lowest BCUT2D eigenvalue weighted by Gasteiger charge is -2.23. The zero-order chi connectivity index (χ0) is 15.9. The molecule has 4 heteroatoms. The maximum atomic E-state index is 12.0. The molecule has 1 unspecified atom stereocenters. The lowest BCUT2D eigenvalue weighted by molar-refractivity contribution is -0.105. The van der Waals surface area contributed by atoms with Crippen LogP contribution in [-0.2, 0) is 4.74 Å². The highest BCUT2D eigenvalue weighted by Crippen LogP contribution is 2.20. The number of ether oxygens (including phenoxy) is 2. The van der Waals surface area contributed by atoms with Crippen LogP contribution in [0, 0.1) is 0 Å². The molecule has 118 valence electrons. The highest BCUT2D eigenvalue weighted by molar-refractivity contribution is 6.05. The van der Waals surface area contributed by atoms with Gasteiger partial charge in [0.1, 0.15) is 11.4 Å². The molecule has 0 N–H and O–H groups in total. The maximum absolute atomic E-state index is 12.0. The van der Waals surface area contributed by atoms with E-state index in [2.05, 4.69) is 4.98 Å². The molecule has 2 aromatic rings. The summed E-state index contributed by atoms with van der Waals surface area (Å²) < 4.78 is 11.3. The average Bonchev–Trinajstić information content (AvgIpc) is 2.62. The van der Waals surface area contributed by atoms with E-state index in [4.69, 9.17) is 9.47 Å². The molecule has 3 rings (SSSR count). The number of rotatable bonds is 5. The predicted octanol–water partition coefficient (Wildman–Crippen LogP) is 3.88. The summed E-state index contributed by atoms with van der Waals surface area (Å²) in [6, 6.07) is 12.9. The number of pyridine rings is 1. The van der Waals surface area contributed by atoms with Gasteiger partial charge in [0.25, 0.3) is 0 Å². The molecule has 0 radical (unpaired) electrons. The van der Waals surface area contributed by atoms with E-state index in [0.29, 0.717) is 5.69 Å². The lowest BCUT2D eigenvalue weighted by Crippen LogP contribution is -2.24. The second-order valence-electron chi connectivity index (χ2n) is 5.40. The quantitative estimate of drug-likeness (QED) is 0.621. The van der Waals surface area contributed by atoms with Crippen LogP contribution in [0.1, 0.15) is 35.3 Å². The summed E-state index contributed by atoms with van der Waals surface area (Å²) in [7, 11) is 0. The summed E-state index contributed by atoms with van der Waals surface area (Å²) in [5.41, 5.74) is 1.38. The smallest absolute Gasteiger partial charge is 0.204 e. The molecule has 1 aliphatic rings. The van der Waals surface area contributed by atoms with Gasteiger partial charge in [0.05, 0.1) is 6.61 Å². The van der Waals surface area contributed by atoms with Crippen molar-refractivity contribution in [1.29, 1.82) is 0 Å². The van der Waals surface area contributed by atoms with Crippen molar-refractivity contribution in [2.75, 3.05) is 6.61 Å². The number of hydrogen-bond donors (Lipinski definition) is 0. The molecule has 1 aromatic carbocycles. The minimum Gasteiger partial charge on any atom is -0.465 e. The zero-order valence-electron chi connectivity index (χ0n) is 12.9. The Morgan fingerprint density at radius 1 is 1.17 bits per heavy atom. The molecule has 23 heavy (non-hydrogen) atoms. The molecular formula is C19H19NO3. The van der Waals surface area contributed by atoms with Crippen LogP contribution < -0.4 is 4.74 Å². The average molecular weight is 309 g/mol. The van der Waals surface area contributed by atoms with Gasteiger partial charge in [-0.15, -0.1) is 0 Å². The first-order valence-corrected chi connectivity index (χ1v) is 7.83. The molecular weight excluding hydrogens is 290 g/mol. The third-order valence-corrected chi connectivity index (χ3v) is 3.63. The number of carbonyl (C=O) groups is 1. The zero-order valence-corrected chi connectivity index (χ0v) is 12.9. The molecule has 1 atom stereocenters. The van der Waals surface area contributed by atoms with Gasteiger partial charge in [0.2, 0.25) is 5.78 Å². The van der Waals surface area contributed by atoms with E-state index < -0.39 is 0 Å². The summed E-state index contributed by atoms with van der Waals surface area (Å²) in [6.07, 6.45) is 7.95. The molecule has 1 aliphatic heterocycles. The van der Waals surface area contributed by atoms with Gasteiger partial charge < -0.3 is 9.47 Å². The predicted molar refractivity (Wildman–Crippen MR) is 88.3 cm³/mol. The fourth-order valence-electron chi connectivity index (χ4n) is 2.38. The molecule has 1 fully saturated rings. The second-order valence-corrected chi connectivity index (χ2v) is 5.40. The SMILES string of the molecule is O=C(C=Cc1ccc(OC2CCCCO2)cc1)c1ccccn1. The third-order valence-electron chi connectivity index (χ3n) is 3.63. The van der Waals surface area contributed by atoms with Crippen LogP contribution in [0.2, 0.25) is 0 Å². The van der Waals surface area contributed by atoms with Crippen LogP contribution >= 0.6 is 0 Å². The largest absolute Gasteiger partial charge is 0.465 e. The fraction of sp³-hybridized carbons (Fsp3) is 0.263. The maximum Gasteiger partial charge on any atom is 0.204 e. The topological polar surface area (TPSA) is 48.4 Å². The highest BCUT2D eigenvalue weighted by atomic mass is 16.7. The van der Waals surface area contributed by atoms with Crippen molar-refractivity contribution in [1.82, 2.24) is 4.98 Å². The first kappa shape index (κ1) is 15.4. The van der Waals surface area contributed by atoms with Crippen LogP contribution in [0.4, 0.5) is 0 Å². The molecule has 0 amide bonds. The van der Waals surface area contributed by atoms with Crippen LogP contribution in [0.15, 0.2) is 54.7 Å². The monoisotopic (exact) mass is 309 g/mol. The Balaban J connectivity index is 1.58. The van der Waals surface area contributed by atoms with Gasteiger partial charge in [-0.25, -0.2) is 0 Å². The van der Waals surface area contributed by atoms with Gasteiger partial charge in [0, 0.05) is 12.6 Å². The molecule has 0 aliphatic carbocycles. The van der Waals surface area contributed by atoms with Gasteiger partial charge in [-0.2, -0.15) is 0 Å². The van der Waals surface area contributed by atoms with Gasteiger partial charge in [-0.3, -0.25) is 9.78 Å². The van der Waals surface area contributed by atoms with Crippen molar-refractivity contribution >= 4 is 11.9 Å². The molecule has 2 heterocycles. The molecule has 0 saturated carbocycles. The van der Waals surface area contributed by atoms with E-state index in [9.17, 15) is 4.79 Å². The van der Waals surface area contributed by atoms with Crippen LogP contribution in [0.5, 0.6) is 5.75 Å². The Hall–Kier alpha value is -2.46. The van der Waals surface area contributed by atoms with Crippen molar-refractivity contribution in [3.63, 3.8) is 0 Å². The minimum atomic E-state index is -0.143. The number of nitrogens with zero attached hydrogens (tertiary/aromatic N) is 1. The molecule has 0 bridgehead atoms. The number of ketones is 1. The van der Waals surface area contributed by atoms with E-state index in [0.717, 1.165) is 37.2 Å². The Labute approximate surface area is 135 Å². The van der Waals surface area contributed by atoms with E-state index in [1.807, 2.05) is 24.3 Å². The lowest BCUT2D eigenvalue weighted by atomic mass is 10.1. The third kappa shape index (κ3) is 4.50. The van der Waals surface area contributed by atoms with Gasteiger partial charge >= 0.3 is 0 Å². The fourth-order valence-corrected chi connectivity index (χ4v) is 2.38. The molecule has 4 nitrogen and oxygen atoms in total. The van der Waals surface area contributed by atoms with Gasteiger partial charge in [-0.05, 0) is 48.7 Å². The summed E-state index contributed by atoms with van der Waals surface area (Å²) in [6.45, 7) is 0.765. The van der Waals surface area contributed by atoms with Crippen molar-refractivity contribution in [3.05, 3.63) is 66.0 Å². The minimum absolute atomic E-state index is 0.110. The highest BCUT2D eigenvalue weighted by Gasteiger charge is 2.14. The van der Waals surface area contributed by atoms with Gasteiger partial charge in [-0.1, -0.05) is 24.3 Å². The first-order valence-electron chi connectivity index (χ1n) is 7.83. The van der Waals surface area contributed by atoms with Crippen LogP contribution in [0.25, 0.3) is 6.08 Å². The second kappa shape index (κ2) is 7.70. The van der Waals surface area contributed by atoms with Crippen molar-refractivity contribution < 1.29 is 14.3 Å². The number of aromatic nitrogens is 1. The van der Waals surface area contributed by atoms with E-state index >= 15 is 0 Å². The molecule has 1 aromatic heterocycles. The van der Waals surface area contributed by atoms with E-state index in [1.54, 1.807) is 30.5 Å². The number of benzene rings is 1. The number of carbonyl (C=O) groups excluding carboxylic acids is 1. The van der Waals surface area contributed by atoms with Crippen LogP contribution in [-0.4, -0.2) is 23.7 Å². The standard InChI is InChI=1S/C19H19NO3/c21-18(17-5-1-3-13-20-17)12-9-15-7-10-16(11-8-15)23-19-6-2-4-14-22-19/h1,3,5,7-13,19H,2,4,6,14H2. The van der Waals surface area contributed by atoms with Gasteiger partial charge in [0.15, 0.2) is 6.29 Å². The number of hydrogen-bond acceptors (Lipinski definition) is 4. The summed E-state index contributed by atoms with van der Waals surface area (Å²) >= 11 is 0. The Kier molecular flexibility index (Phi) is 5.17. The van der Waals surface area contributed by atoms with E-state index in [1.165, 1.54) is 6.08 Å². The normalized spacial score (nSPS) is 18.0. The van der Waals surface area contributed by atoms with Crippen molar-refractivity contribution in [2.24, 2.45) is 0 Å². The number of allylic oxidation sites excluding steroid dienone is 1. The Morgan fingerprint density at radius 3 is 2.74 bits per heavy atom. The summed E-state index contributed by atoms with van der Waals surface area (Å²) in [4.78, 5) is 16.0. The molecule has 1 saturated heterocycles. The summed E-state index contributed by atoms with van der Waals surface area (Å²) in [5.74, 6) is 0.673. The Morgan fingerprint density at radius 2 is 2.04 bits per heavy atom. The summed E-state index contributed by atoms with van der Waals surface area (Å²) in [5, 5.41) is 0. The van der Waals surface area contributed by atoms with Crippen molar-refractivity contribution in [3.8, 4) is 5.75 Å². The van der Waals surface area contributed by atoms with Crippen LogP contribution in [0.3, 0.4) is 0 Å². The molecule has 0 spiro atoms. The van der Waals surface area contributed by atoms with E-state index in [-0.39, 0.29) is 12.1 Å². The first-order chi connectivity index (χ1) is 11.3. The van der Waals surface area contributed by atoms with Crippen molar-refractivity contribution in [2.45, 2.75) is 25.6 Å².